The summed E-state index contributed by atoms with van der Waals surface area (Å²) in [6.45, 7) is 4.28. The van der Waals surface area contributed by atoms with Gasteiger partial charge in [0.25, 0.3) is 0 Å². The van der Waals surface area contributed by atoms with Gasteiger partial charge >= 0.3 is 0 Å². The fraction of sp³-hybridized carbons (Fsp3) is 0.390. The molecule has 5 rings (SSSR count). The lowest BCUT2D eigenvalue weighted by Crippen LogP contribution is -2.38. The van der Waals surface area contributed by atoms with Gasteiger partial charge in [0.1, 0.15) is 0 Å². The topological polar surface area (TPSA) is 113 Å². The lowest BCUT2D eigenvalue weighted by atomic mass is 9.99. The van der Waals surface area contributed by atoms with Gasteiger partial charge < -0.3 is 30.1 Å². The van der Waals surface area contributed by atoms with Crippen molar-refractivity contribution in [3.63, 3.8) is 0 Å². The van der Waals surface area contributed by atoms with Crippen LogP contribution in [0.25, 0.3) is 11.1 Å². The molecule has 3 atom stereocenters. The van der Waals surface area contributed by atoms with Crippen LogP contribution in [-0.4, -0.2) is 59.6 Å². The van der Waals surface area contributed by atoms with E-state index in [0.29, 0.717) is 19.5 Å². The van der Waals surface area contributed by atoms with Crippen LogP contribution in [-0.2, 0) is 38.6 Å². The van der Waals surface area contributed by atoms with Crippen LogP contribution in [0.15, 0.2) is 97.2 Å². The lowest BCUT2D eigenvalue weighted by molar-refractivity contribution is -0.252. The summed E-state index contributed by atoms with van der Waals surface area (Å²) >= 11 is 0. The largest absolute Gasteiger partial charge is 0.392 e. The number of aliphatic hydroxyl groups excluding tert-OH is 1. The maximum Gasteiger partial charge on any atom is 0.220 e. The SMILES string of the molecule is CC(=O)NCCCCCC(=O)NCc1cccc(-c2ccc([C@@H]3O[C@H](CN(C)CCc4ccccn4)C[C@H](c4ccc(CO)cc4)O3)cc2)c1. The second kappa shape index (κ2) is 19.1. The lowest BCUT2D eigenvalue weighted by Gasteiger charge is -2.38. The zero-order chi connectivity index (χ0) is 35.1. The molecule has 4 aromatic rings. The molecule has 50 heavy (non-hydrogen) atoms. The molecule has 2 heterocycles. The molecule has 0 radical (unpaired) electrons. The van der Waals surface area contributed by atoms with Crippen molar-refractivity contribution < 1.29 is 24.2 Å². The third kappa shape index (κ3) is 11.6. The molecule has 3 aromatic carbocycles. The molecule has 0 unspecified atom stereocenters. The summed E-state index contributed by atoms with van der Waals surface area (Å²) in [6, 6.07) is 30.5. The van der Waals surface area contributed by atoms with E-state index in [1.807, 2.05) is 54.7 Å². The fourth-order valence-corrected chi connectivity index (χ4v) is 6.16. The monoisotopic (exact) mass is 678 g/mol. The first-order valence-corrected chi connectivity index (χ1v) is 17.7. The molecule has 2 amide bonds. The van der Waals surface area contributed by atoms with Crippen molar-refractivity contribution in [1.29, 1.82) is 0 Å². The third-order valence-corrected chi connectivity index (χ3v) is 8.99. The van der Waals surface area contributed by atoms with Crippen molar-refractivity contribution in [3.8, 4) is 11.1 Å². The molecule has 1 aromatic heterocycles. The van der Waals surface area contributed by atoms with Crippen LogP contribution in [0.1, 0.15) is 79.4 Å². The maximum absolute atomic E-state index is 12.4. The number of nitrogens with zero attached hydrogens (tertiary/aromatic N) is 2. The summed E-state index contributed by atoms with van der Waals surface area (Å²) in [7, 11) is 2.12. The predicted octanol–water partition coefficient (Wildman–Crippen LogP) is 6.27. The number of benzene rings is 3. The molecule has 1 aliphatic heterocycles. The second-order valence-electron chi connectivity index (χ2n) is 13.1. The number of hydrogen-bond acceptors (Lipinski definition) is 7. The van der Waals surface area contributed by atoms with Crippen LogP contribution >= 0.6 is 0 Å². The van der Waals surface area contributed by atoms with E-state index in [2.05, 4.69) is 70.0 Å². The molecule has 9 nitrogen and oxygen atoms in total. The van der Waals surface area contributed by atoms with Gasteiger partial charge in [0.05, 0.1) is 18.8 Å². The Labute approximate surface area is 296 Å². The molecular formula is C41H50N4O5. The highest BCUT2D eigenvalue weighted by Gasteiger charge is 2.32. The molecule has 1 fully saturated rings. The number of rotatable bonds is 17. The number of aromatic nitrogens is 1. The van der Waals surface area contributed by atoms with Gasteiger partial charge in [-0.2, -0.15) is 0 Å². The number of amides is 2. The Balaban J connectivity index is 1.19. The van der Waals surface area contributed by atoms with Gasteiger partial charge in [0, 0.05) is 69.8 Å². The zero-order valence-electron chi connectivity index (χ0n) is 29.2. The van der Waals surface area contributed by atoms with Gasteiger partial charge in [-0.3, -0.25) is 14.6 Å². The Morgan fingerprint density at radius 2 is 1.66 bits per heavy atom. The Morgan fingerprint density at radius 3 is 2.40 bits per heavy atom. The Kier molecular flexibility index (Phi) is 14.1. The minimum Gasteiger partial charge on any atom is -0.392 e. The van der Waals surface area contributed by atoms with Crippen molar-refractivity contribution in [2.45, 2.75) is 77.1 Å². The number of hydrogen-bond donors (Lipinski definition) is 3. The number of nitrogens with one attached hydrogen (secondary N) is 2. The van der Waals surface area contributed by atoms with Crippen LogP contribution < -0.4 is 10.6 Å². The van der Waals surface area contributed by atoms with E-state index in [0.717, 1.165) is 84.3 Å². The molecule has 264 valence electrons. The number of pyridine rings is 1. The van der Waals surface area contributed by atoms with E-state index in [-0.39, 0.29) is 30.6 Å². The first-order chi connectivity index (χ1) is 24.4. The minimum atomic E-state index is -0.526. The van der Waals surface area contributed by atoms with Crippen molar-refractivity contribution in [3.05, 3.63) is 125 Å². The van der Waals surface area contributed by atoms with Crippen LogP contribution in [0.4, 0.5) is 0 Å². The van der Waals surface area contributed by atoms with Crippen LogP contribution in [0.3, 0.4) is 0 Å². The highest BCUT2D eigenvalue weighted by atomic mass is 16.7. The van der Waals surface area contributed by atoms with Gasteiger partial charge in [0.15, 0.2) is 6.29 Å². The van der Waals surface area contributed by atoms with Crippen molar-refractivity contribution in [2.75, 3.05) is 26.7 Å². The average molecular weight is 679 g/mol. The van der Waals surface area contributed by atoms with E-state index in [9.17, 15) is 14.7 Å². The maximum atomic E-state index is 12.4. The third-order valence-electron chi connectivity index (χ3n) is 8.99. The highest BCUT2D eigenvalue weighted by molar-refractivity contribution is 5.76. The number of carbonyl (C=O) groups excluding carboxylic acids is 2. The zero-order valence-corrected chi connectivity index (χ0v) is 29.2. The summed E-state index contributed by atoms with van der Waals surface area (Å²) in [5.74, 6) is 0.0113. The van der Waals surface area contributed by atoms with Crippen molar-refractivity contribution in [2.24, 2.45) is 0 Å². The first-order valence-electron chi connectivity index (χ1n) is 17.7. The van der Waals surface area contributed by atoms with E-state index in [1.165, 1.54) is 6.92 Å². The Morgan fingerprint density at radius 1 is 0.860 bits per heavy atom. The molecule has 3 N–H and O–H groups in total. The number of unbranched alkanes of at least 4 members (excludes halogenated alkanes) is 2. The van der Waals surface area contributed by atoms with E-state index >= 15 is 0 Å². The molecule has 9 heteroatoms. The van der Waals surface area contributed by atoms with Gasteiger partial charge in [-0.1, -0.05) is 79.2 Å². The molecule has 0 saturated carbocycles. The normalized spacial score (nSPS) is 17.4. The van der Waals surface area contributed by atoms with Gasteiger partial charge in [-0.15, -0.1) is 0 Å². The number of aliphatic hydroxyl groups is 1. The second-order valence-corrected chi connectivity index (χ2v) is 13.1. The van der Waals surface area contributed by atoms with Gasteiger partial charge in [-0.25, -0.2) is 0 Å². The fourth-order valence-electron chi connectivity index (χ4n) is 6.16. The summed E-state index contributed by atoms with van der Waals surface area (Å²) in [5.41, 5.74) is 7.14. The summed E-state index contributed by atoms with van der Waals surface area (Å²) in [5, 5.41) is 15.4. The molecule has 1 saturated heterocycles. The van der Waals surface area contributed by atoms with Crippen LogP contribution in [0.2, 0.25) is 0 Å². The molecule has 1 aliphatic rings. The van der Waals surface area contributed by atoms with Gasteiger partial charge in [0.2, 0.25) is 11.8 Å². The first kappa shape index (κ1) is 36.9. The highest BCUT2D eigenvalue weighted by Crippen LogP contribution is 2.38. The van der Waals surface area contributed by atoms with Crippen molar-refractivity contribution >= 4 is 11.8 Å². The number of ether oxygens (including phenoxy) is 2. The standard InChI is InChI=1S/C41H50N4O5/c1-30(47)42-22-6-3-4-12-40(48)44-27-32-9-8-10-36(25-32)33-17-19-35(20-18-33)41-49-38(28-45(2)24-21-37-11-5-7-23-43-37)26-39(50-41)34-15-13-31(29-46)14-16-34/h5,7-11,13-20,23,25,38-39,41,46H,3-4,6,12,21-22,24,26-29H2,1-2H3,(H,42,47)(H,44,48)/t38-,39+,41+/m0/s1. The molecular weight excluding hydrogens is 628 g/mol. The summed E-state index contributed by atoms with van der Waals surface area (Å²) < 4.78 is 13.2. The van der Waals surface area contributed by atoms with Crippen molar-refractivity contribution in [1.82, 2.24) is 20.5 Å². The molecule has 0 aliphatic carbocycles. The van der Waals surface area contributed by atoms with Crippen LogP contribution in [0, 0.1) is 0 Å². The molecule has 0 spiro atoms. The minimum absolute atomic E-state index is 0.00809. The van der Waals surface area contributed by atoms with Gasteiger partial charge in [-0.05, 0) is 65.9 Å². The quantitative estimate of drug-likeness (QED) is 0.113. The predicted molar refractivity (Wildman–Crippen MR) is 195 cm³/mol. The van der Waals surface area contributed by atoms with E-state index < -0.39 is 6.29 Å². The summed E-state index contributed by atoms with van der Waals surface area (Å²) in [4.78, 5) is 30.1. The van der Waals surface area contributed by atoms with E-state index in [1.54, 1.807) is 0 Å². The van der Waals surface area contributed by atoms with Crippen LogP contribution in [0.5, 0.6) is 0 Å². The average Bonchev–Trinajstić information content (AvgIpc) is 3.15. The Hall–Kier alpha value is -4.41. The molecule has 0 bridgehead atoms. The number of carbonyl (C=O) groups is 2. The van der Waals surface area contributed by atoms with E-state index in [4.69, 9.17) is 9.47 Å². The smallest absolute Gasteiger partial charge is 0.220 e. The summed E-state index contributed by atoms with van der Waals surface area (Å²) in [6.07, 6.45) is 5.76. The Bertz CT molecular complexity index is 1630. The number of likely N-dealkylation sites (N-methyl/N-ethyl adjacent to an activating group) is 1.